The zero-order chi connectivity index (χ0) is 20.6. The average Bonchev–Trinajstić information content (AvgIpc) is 3.19. The van der Waals surface area contributed by atoms with Crippen molar-refractivity contribution in [2.24, 2.45) is 0 Å². The smallest absolute Gasteiger partial charge is 0.253 e. The van der Waals surface area contributed by atoms with Crippen molar-refractivity contribution < 1.29 is 14.3 Å². The standard InChI is InChI=1S/C24H30N2O3/c1-17(2)25-24(28)21-12-5-6-13-22(21)26-23(27)15-14-18-8-7-11-20(16-18)29-19-9-3-4-10-19/h5-8,11-13,16-17,19H,3-4,9-10,14-15H2,1-2H3,(H,25,28)(H,26,27). The molecule has 0 saturated heterocycles. The molecule has 2 aromatic carbocycles. The van der Waals surface area contributed by atoms with Gasteiger partial charge in [0.2, 0.25) is 5.91 Å². The van der Waals surface area contributed by atoms with Gasteiger partial charge in [0.05, 0.1) is 17.4 Å². The second kappa shape index (κ2) is 10.1. The van der Waals surface area contributed by atoms with Crippen LogP contribution in [0.15, 0.2) is 48.5 Å². The van der Waals surface area contributed by atoms with Crippen LogP contribution in [0.1, 0.15) is 61.9 Å². The Balaban J connectivity index is 1.56. The van der Waals surface area contributed by atoms with E-state index >= 15 is 0 Å². The third kappa shape index (κ3) is 6.34. The van der Waals surface area contributed by atoms with Crippen LogP contribution in [0, 0.1) is 0 Å². The highest BCUT2D eigenvalue weighted by atomic mass is 16.5. The molecule has 5 nitrogen and oxygen atoms in total. The van der Waals surface area contributed by atoms with Gasteiger partial charge in [-0.15, -0.1) is 0 Å². The van der Waals surface area contributed by atoms with Gasteiger partial charge in [0.15, 0.2) is 0 Å². The van der Waals surface area contributed by atoms with E-state index in [1.54, 1.807) is 18.2 Å². The predicted molar refractivity (Wildman–Crippen MR) is 115 cm³/mol. The van der Waals surface area contributed by atoms with Gasteiger partial charge >= 0.3 is 0 Å². The summed E-state index contributed by atoms with van der Waals surface area (Å²) in [6, 6.07) is 15.1. The number of hydrogen-bond donors (Lipinski definition) is 2. The highest BCUT2D eigenvalue weighted by Gasteiger charge is 2.17. The van der Waals surface area contributed by atoms with Crippen LogP contribution < -0.4 is 15.4 Å². The Morgan fingerprint density at radius 1 is 1.07 bits per heavy atom. The van der Waals surface area contributed by atoms with Crippen LogP contribution in [0.5, 0.6) is 5.75 Å². The van der Waals surface area contributed by atoms with Crippen LogP contribution in [0.25, 0.3) is 0 Å². The Kier molecular flexibility index (Phi) is 7.28. The molecule has 2 amide bonds. The zero-order valence-electron chi connectivity index (χ0n) is 17.2. The summed E-state index contributed by atoms with van der Waals surface area (Å²) in [7, 11) is 0. The van der Waals surface area contributed by atoms with Crippen molar-refractivity contribution in [3.63, 3.8) is 0 Å². The van der Waals surface area contributed by atoms with E-state index in [0.717, 1.165) is 24.2 Å². The average molecular weight is 395 g/mol. The predicted octanol–water partition coefficient (Wildman–Crippen LogP) is 4.72. The Morgan fingerprint density at radius 3 is 2.59 bits per heavy atom. The molecule has 2 N–H and O–H groups in total. The Labute approximate surface area is 172 Å². The number of rotatable bonds is 8. The maximum absolute atomic E-state index is 12.5. The molecule has 0 aromatic heterocycles. The summed E-state index contributed by atoms with van der Waals surface area (Å²) in [6.45, 7) is 3.81. The summed E-state index contributed by atoms with van der Waals surface area (Å²) in [5.41, 5.74) is 2.08. The third-order valence-corrected chi connectivity index (χ3v) is 5.01. The lowest BCUT2D eigenvalue weighted by molar-refractivity contribution is -0.116. The van der Waals surface area contributed by atoms with Crippen molar-refractivity contribution in [2.75, 3.05) is 5.32 Å². The van der Waals surface area contributed by atoms with Gasteiger partial charge < -0.3 is 15.4 Å². The summed E-state index contributed by atoms with van der Waals surface area (Å²) in [4.78, 5) is 24.8. The van der Waals surface area contributed by atoms with E-state index < -0.39 is 0 Å². The normalized spacial score (nSPS) is 14.0. The van der Waals surface area contributed by atoms with E-state index in [2.05, 4.69) is 10.6 Å². The Hall–Kier alpha value is -2.82. The topological polar surface area (TPSA) is 67.4 Å². The summed E-state index contributed by atoms with van der Waals surface area (Å²) in [5.74, 6) is 0.579. The number of ether oxygens (including phenoxy) is 1. The summed E-state index contributed by atoms with van der Waals surface area (Å²) >= 11 is 0. The lowest BCUT2D eigenvalue weighted by Gasteiger charge is -2.14. The van der Waals surface area contributed by atoms with E-state index in [-0.39, 0.29) is 17.9 Å². The lowest BCUT2D eigenvalue weighted by atomic mass is 10.1. The molecular weight excluding hydrogens is 364 g/mol. The van der Waals surface area contributed by atoms with Crippen molar-refractivity contribution >= 4 is 17.5 Å². The molecule has 5 heteroatoms. The van der Waals surface area contributed by atoms with E-state index in [0.29, 0.717) is 30.2 Å². The van der Waals surface area contributed by atoms with Gasteiger partial charge in [0.25, 0.3) is 5.91 Å². The first kappa shape index (κ1) is 20.9. The zero-order valence-corrected chi connectivity index (χ0v) is 17.2. The van der Waals surface area contributed by atoms with Crippen molar-refractivity contribution in [3.8, 4) is 5.75 Å². The quantitative estimate of drug-likeness (QED) is 0.681. The molecule has 1 saturated carbocycles. The summed E-state index contributed by atoms with van der Waals surface area (Å²) in [5, 5.41) is 5.74. The van der Waals surface area contributed by atoms with Crippen molar-refractivity contribution in [3.05, 3.63) is 59.7 Å². The molecule has 0 radical (unpaired) electrons. The number of carbonyl (C=O) groups is 2. The van der Waals surface area contributed by atoms with Crippen molar-refractivity contribution in [2.45, 2.75) is 64.5 Å². The molecule has 1 fully saturated rings. The highest BCUT2D eigenvalue weighted by Crippen LogP contribution is 2.25. The van der Waals surface area contributed by atoms with Crippen LogP contribution in [0.4, 0.5) is 5.69 Å². The van der Waals surface area contributed by atoms with Crippen LogP contribution >= 0.6 is 0 Å². The minimum absolute atomic E-state index is 0.0324. The van der Waals surface area contributed by atoms with Crippen LogP contribution in [-0.4, -0.2) is 24.0 Å². The molecule has 2 aromatic rings. The van der Waals surface area contributed by atoms with E-state index in [4.69, 9.17) is 4.74 Å². The van der Waals surface area contributed by atoms with Gasteiger partial charge in [-0.1, -0.05) is 24.3 Å². The third-order valence-electron chi connectivity index (χ3n) is 5.01. The molecule has 154 valence electrons. The number of hydrogen-bond acceptors (Lipinski definition) is 3. The number of para-hydroxylation sites is 1. The number of anilines is 1. The first-order valence-corrected chi connectivity index (χ1v) is 10.5. The molecule has 3 rings (SSSR count). The lowest BCUT2D eigenvalue weighted by Crippen LogP contribution is -2.31. The number of carbonyl (C=O) groups excluding carboxylic acids is 2. The van der Waals surface area contributed by atoms with Gasteiger partial charge in [-0.2, -0.15) is 0 Å². The van der Waals surface area contributed by atoms with Crippen molar-refractivity contribution in [1.82, 2.24) is 5.32 Å². The highest BCUT2D eigenvalue weighted by molar-refractivity contribution is 6.03. The minimum Gasteiger partial charge on any atom is -0.490 e. The molecule has 0 aliphatic heterocycles. The number of amides is 2. The van der Waals surface area contributed by atoms with Crippen molar-refractivity contribution in [1.29, 1.82) is 0 Å². The van der Waals surface area contributed by atoms with E-state index in [1.165, 1.54) is 12.8 Å². The molecule has 1 aliphatic carbocycles. The Bertz CT molecular complexity index is 842. The van der Waals surface area contributed by atoms with Gasteiger partial charge in [0.1, 0.15) is 5.75 Å². The number of benzene rings is 2. The fourth-order valence-corrected chi connectivity index (χ4v) is 3.57. The van der Waals surface area contributed by atoms with E-state index in [1.807, 2.05) is 44.2 Å². The summed E-state index contributed by atoms with van der Waals surface area (Å²) < 4.78 is 6.05. The molecule has 0 unspecified atom stereocenters. The van der Waals surface area contributed by atoms with Crippen LogP contribution in [-0.2, 0) is 11.2 Å². The van der Waals surface area contributed by atoms with Crippen LogP contribution in [0.2, 0.25) is 0 Å². The monoisotopic (exact) mass is 394 g/mol. The largest absolute Gasteiger partial charge is 0.490 e. The van der Waals surface area contributed by atoms with E-state index in [9.17, 15) is 9.59 Å². The fraction of sp³-hybridized carbons (Fsp3) is 0.417. The maximum atomic E-state index is 12.5. The Morgan fingerprint density at radius 2 is 1.83 bits per heavy atom. The fourth-order valence-electron chi connectivity index (χ4n) is 3.57. The van der Waals surface area contributed by atoms with Gasteiger partial charge in [-0.25, -0.2) is 0 Å². The van der Waals surface area contributed by atoms with Crippen LogP contribution in [0.3, 0.4) is 0 Å². The number of aryl methyl sites for hydroxylation is 1. The molecule has 29 heavy (non-hydrogen) atoms. The molecule has 0 spiro atoms. The second-order valence-corrected chi connectivity index (χ2v) is 7.89. The first-order chi connectivity index (χ1) is 14.0. The number of nitrogens with one attached hydrogen (secondary N) is 2. The summed E-state index contributed by atoms with van der Waals surface area (Å²) in [6.07, 6.45) is 6.00. The molecule has 0 heterocycles. The van der Waals surface area contributed by atoms with Gasteiger partial charge in [0, 0.05) is 12.5 Å². The minimum atomic E-state index is -0.187. The molecule has 0 bridgehead atoms. The van der Waals surface area contributed by atoms with Gasteiger partial charge in [-0.3, -0.25) is 9.59 Å². The molecule has 0 atom stereocenters. The second-order valence-electron chi connectivity index (χ2n) is 7.89. The van der Waals surface area contributed by atoms with Gasteiger partial charge in [-0.05, 0) is 75.8 Å². The molecular formula is C24H30N2O3. The molecule has 1 aliphatic rings. The first-order valence-electron chi connectivity index (χ1n) is 10.5. The SMILES string of the molecule is CC(C)NC(=O)c1ccccc1NC(=O)CCc1cccc(OC2CCCC2)c1. The maximum Gasteiger partial charge on any atom is 0.253 e.